The number of carbonyl (C=O) groups excluding carboxylic acids is 1. The Balaban J connectivity index is 2.04. The molecule has 17 heavy (non-hydrogen) atoms. The number of carbonyl (C=O) groups is 2. The van der Waals surface area contributed by atoms with Gasteiger partial charge in [0.25, 0.3) is 5.91 Å². The number of imidazole rings is 1. The van der Waals surface area contributed by atoms with Gasteiger partial charge in [0.2, 0.25) is 0 Å². The number of aryl methyl sites for hydroxylation is 1. The van der Waals surface area contributed by atoms with Crippen LogP contribution in [0.4, 0.5) is 0 Å². The lowest BCUT2D eigenvalue weighted by Crippen LogP contribution is -2.54. The van der Waals surface area contributed by atoms with Crippen LogP contribution in [0.15, 0.2) is 12.5 Å². The predicted molar refractivity (Wildman–Crippen MR) is 59.5 cm³/mol. The van der Waals surface area contributed by atoms with E-state index in [1.54, 1.807) is 24.1 Å². The molecule has 1 aliphatic carbocycles. The Morgan fingerprint density at radius 3 is 2.71 bits per heavy atom. The maximum Gasteiger partial charge on any atom is 0.305 e. The predicted octanol–water partition coefficient (Wildman–Crippen LogP) is 0.547. The topological polar surface area (TPSA) is 84.2 Å². The van der Waals surface area contributed by atoms with Crippen molar-refractivity contribution in [1.29, 1.82) is 0 Å². The minimum Gasteiger partial charge on any atom is -0.481 e. The summed E-state index contributed by atoms with van der Waals surface area (Å²) in [5, 5.41) is 11.6. The van der Waals surface area contributed by atoms with Crippen molar-refractivity contribution in [2.24, 2.45) is 7.05 Å². The van der Waals surface area contributed by atoms with Gasteiger partial charge in [0, 0.05) is 13.2 Å². The molecular formula is C11H15N3O3. The lowest BCUT2D eigenvalue weighted by molar-refractivity contribution is -0.139. The van der Waals surface area contributed by atoms with Crippen molar-refractivity contribution in [2.45, 2.75) is 31.2 Å². The molecule has 0 saturated heterocycles. The third-order valence-corrected chi connectivity index (χ3v) is 3.12. The maximum atomic E-state index is 11.9. The van der Waals surface area contributed by atoms with Crippen LogP contribution in [0.5, 0.6) is 0 Å². The Morgan fingerprint density at radius 1 is 1.59 bits per heavy atom. The number of hydrogen-bond acceptors (Lipinski definition) is 3. The molecule has 0 atom stereocenters. The summed E-state index contributed by atoms with van der Waals surface area (Å²) in [6, 6.07) is 0. The van der Waals surface area contributed by atoms with Gasteiger partial charge >= 0.3 is 5.97 Å². The highest BCUT2D eigenvalue weighted by atomic mass is 16.4. The van der Waals surface area contributed by atoms with E-state index >= 15 is 0 Å². The number of carboxylic acid groups (broad SMARTS) is 1. The molecule has 92 valence electrons. The van der Waals surface area contributed by atoms with E-state index in [1.165, 1.54) is 0 Å². The first-order valence-electron chi connectivity index (χ1n) is 5.53. The average molecular weight is 237 g/mol. The fourth-order valence-corrected chi connectivity index (χ4v) is 2.07. The molecule has 0 spiro atoms. The zero-order chi connectivity index (χ0) is 12.5. The third-order valence-electron chi connectivity index (χ3n) is 3.12. The number of carboxylic acids is 1. The van der Waals surface area contributed by atoms with Gasteiger partial charge in [0.05, 0.1) is 18.3 Å². The van der Waals surface area contributed by atoms with Crippen molar-refractivity contribution >= 4 is 11.9 Å². The van der Waals surface area contributed by atoms with Crippen LogP contribution >= 0.6 is 0 Å². The Bertz CT molecular complexity index is 449. The van der Waals surface area contributed by atoms with Crippen molar-refractivity contribution in [3.8, 4) is 0 Å². The van der Waals surface area contributed by atoms with Crippen LogP contribution in [0.3, 0.4) is 0 Å². The lowest BCUT2D eigenvalue weighted by atomic mass is 9.74. The first-order chi connectivity index (χ1) is 8.01. The smallest absolute Gasteiger partial charge is 0.305 e. The Hall–Kier alpha value is -1.85. The van der Waals surface area contributed by atoms with Crippen molar-refractivity contribution < 1.29 is 14.7 Å². The highest BCUT2D eigenvalue weighted by Gasteiger charge is 2.40. The van der Waals surface area contributed by atoms with Gasteiger partial charge in [-0.05, 0) is 19.3 Å². The van der Waals surface area contributed by atoms with E-state index in [0.29, 0.717) is 5.69 Å². The highest BCUT2D eigenvalue weighted by molar-refractivity contribution is 5.93. The molecule has 0 unspecified atom stereocenters. The number of hydrogen-bond donors (Lipinski definition) is 2. The molecular weight excluding hydrogens is 222 g/mol. The summed E-state index contributed by atoms with van der Waals surface area (Å²) >= 11 is 0. The molecule has 2 N–H and O–H groups in total. The van der Waals surface area contributed by atoms with Crippen molar-refractivity contribution in [1.82, 2.24) is 14.9 Å². The van der Waals surface area contributed by atoms with Crippen molar-refractivity contribution in [3.63, 3.8) is 0 Å². The Labute approximate surface area is 98.7 Å². The van der Waals surface area contributed by atoms with Crippen LogP contribution in [-0.4, -0.2) is 32.1 Å². The van der Waals surface area contributed by atoms with E-state index in [-0.39, 0.29) is 12.3 Å². The SMILES string of the molecule is Cn1cnc(C(=O)NC2(CC(=O)O)CCC2)c1. The monoisotopic (exact) mass is 237 g/mol. The number of rotatable bonds is 4. The summed E-state index contributed by atoms with van der Waals surface area (Å²) in [6.45, 7) is 0. The molecule has 1 heterocycles. The lowest BCUT2D eigenvalue weighted by Gasteiger charge is -2.41. The first-order valence-corrected chi connectivity index (χ1v) is 5.53. The number of aliphatic carboxylic acids is 1. The fraction of sp³-hybridized carbons (Fsp3) is 0.545. The summed E-state index contributed by atoms with van der Waals surface area (Å²) < 4.78 is 1.68. The second-order valence-electron chi connectivity index (χ2n) is 4.58. The van der Waals surface area contributed by atoms with E-state index in [1.807, 2.05) is 0 Å². The van der Waals surface area contributed by atoms with Crippen molar-refractivity contribution in [2.75, 3.05) is 0 Å². The van der Waals surface area contributed by atoms with Crippen LogP contribution in [0.1, 0.15) is 36.2 Å². The molecule has 6 nitrogen and oxygen atoms in total. The summed E-state index contributed by atoms with van der Waals surface area (Å²) in [5.74, 6) is -1.18. The molecule has 6 heteroatoms. The van der Waals surface area contributed by atoms with E-state index < -0.39 is 11.5 Å². The zero-order valence-corrected chi connectivity index (χ0v) is 9.64. The number of nitrogens with zero attached hydrogens (tertiary/aromatic N) is 2. The van der Waals surface area contributed by atoms with Gasteiger partial charge in [0.15, 0.2) is 0 Å². The summed E-state index contributed by atoms with van der Waals surface area (Å²) in [5.41, 5.74) is -0.246. The molecule has 1 aliphatic rings. The van der Waals surface area contributed by atoms with Gasteiger partial charge in [-0.25, -0.2) is 4.98 Å². The zero-order valence-electron chi connectivity index (χ0n) is 9.64. The standard InChI is InChI=1S/C11H15N3O3/c1-14-6-8(12-7-14)10(17)13-11(3-2-4-11)5-9(15)16/h6-7H,2-5H2,1H3,(H,13,17)(H,15,16). The molecule has 0 radical (unpaired) electrons. The molecule has 2 rings (SSSR count). The highest BCUT2D eigenvalue weighted by Crippen LogP contribution is 2.35. The van der Waals surface area contributed by atoms with Crippen LogP contribution in [-0.2, 0) is 11.8 Å². The molecule has 1 aromatic rings. The maximum absolute atomic E-state index is 11.9. The second kappa shape index (κ2) is 4.20. The van der Waals surface area contributed by atoms with Gasteiger partial charge in [0.1, 0.15) is 5.69 Å². The van der Waals surface area contributed by atoms with Crippen molar-refractivity contribution in [3.05, 3.63) is 18.2 Å². The van der Waals surface area contributed by atoms with Gasteiger partial charge in [-0.1, -0.05) is 0 Å². The van der Waals surface area contributed by atoms with Gasteiger partial charge < -0.3 is 15.0 Å². The van der Waals surface area contributed by atoms with E-state index in [0.717, 1.165) is 19.3 Å². The second-order valence-corrected chi connectivity index (χ2v) is 4.58. The van der Waals surface area contributed by atoms with Gasteiger partial charge in [-0.2, -0.15) is 0 Å². The van der Waals surface area contributed by atoms with Crippen LogP contribution < -0.4 is 5.32 Å². The molecule has 0 aliphatic heterocycles. The Kier molecular flexibility index (Phi) is 2.87. The molecule has 0 aromatic carbocycles. The normalized spacial score (nSPS) is 17.2. The Morgan fingerprint density at radius 2 is 2.29 bits per heavy atom. The van der Waals surface area contributed by atoms with Crippen LogP contribution in [0, 0.1) is 0 Å². The van der Waals surface area contributed by atoms with E-state index in [9.17, 15) is 9.59 Å². The third kappa shape index (κ3) is 2.46. The quantitative estimate of drug-likeness (QED) is 0.800. The average Bonchev–Trinajstić information content (AvgIpc) is 2.60. The fourth-order valence-electron chi connectivity index (χ4n) is 2.07. The van der Waals surface area contributed by atoms with Crippen LogP contribution in [0.25, 0.3) is 0 Å². The number of aromatic nitrogens is 2. The van der Waals surface area contributed by atoms with Gasteiger partial charge in [-0.15, -0.1) is 0 Å². The summed E-state index contributed by atoms with van der Waals surface area (Å²) in [4.78, 5) is 26.6. The summed E-state index contributed by atoms with van der Waals surface area (Å²) in [6.07, 6.45) is 5.53. The summed E-state index contributed by atoms with van der Waals surface area (Å²) in [7, 11) is 1.78. The van der Waals surface area contributed by atoms with E-state index in [2.05, 4.69) is 10.3 Å². The first kappa shape index (κ1) is 11.6. The molecule has 1 amide bonds. The van der Waals surface area contributed by atoms with Gasteiger partial charge in [-0.3, -0.25) is 9.59 Å². The number of amides is 1. The number of nitrogens with one attached hydrogen (secondary N) is 1. The minimum absolute atomic E-state index is 0.0222. The minimum atomic E-state index is -0.883. The van der Waals surface area contributed by atoms with Crippen LogP contribution in [0.2, 0.25) is 0 Å². The molecule has 1 saturated carbocycles. The molecule has 1 aromatic heterocycles. The largest absolute Gasteiger partial charge is 0.481 e. The molecule has 0 bridgehead atoms. The molecule has 1 fully saturated rings. The van der Waals surface area contributed by atoms with E-state index in [4.69, 9.17) is 5.11 Å².